The molecule has 4 atom stereocenters. The molecule has 2 aromatic carbocycles. The Morgan fingerprint density at radius 3 is 2.33 bits per heavy atom. The van der Waals surface area contributed by atoms with Crippen molar-refractivity contribution in [3.63, 3.8) is 0 Å². The van der Waals surface area contributed by atoms with Crippen molar-refractivity contribution in [1.29, 1.82) is 0 Å². The normalized spacial score (nSPS) is 25.4. The van der Waals surface area contributed by atoms with E-state index in [4.69, 9.17) is 18.9 Å². The van der Waals surface area contributed by atoms with E-state index in [-0.39, 0.29) is 19.6 Å². The van der Waals surface area contributed by atoms with Crippen LogP contribution in [0.1, 0.15) is 51.5 Å². The lowest BCUT2D eigenvalue weighted by atomic mass is 9.68. The molecule has 2 fully saturated rings. The van der Waals surface area contributed by atoms with Crippen LogP contribution in [-0.2, 0) is 34.0 Å². The first kappa shape index (κ1) is 25.7. The second-order valence-corrected chi connectivity index (χ2v) is 10.0. The Labute approximate surface area is 211 Å². The molecule has 192 valence electrons. The zero-order valence-electron chi connectivity index (χ0n) is 21.4. The van der Waals surface area contributed by atoms with Crippen molar-refractivity contribution in [2.45, 2.75) is 57.4 Å². The SMILES string of the molecule is CCOC(=O)C1(c2ccc(OC)cc2)C(=O)N2[C@@H](c3ccccc3)OC[C@@H]2[C@H]1CC(=O)OC(C)(C)C. The Hall–Kier alpha value is -3.39. The summed E-state index contributed by atoms with van der Waals surface area (Å²) in [6.45, 7) is 7.30. The van der Waals surface area contributed by atoms with Crippen molar-refractivity contribution in [2.75, 3.05) is 20.3 Å². The number of carbonyl (C=O) groups excluding carboxylic acids is 3. The average Bonchev–Trinajstić information content (AvgIpc) is 3.37. The van der Waals surface area contributed by atoms with Gasteiger partial charge in [0.15, 0.2) is 11.6 Å². The molecule has 36 heavy (non-hydrogen) atoms. The maximum atomic E-state index is 14.4. The van der Waals surface area contributed by atoms with Gasteiger partial charge in [-0.2, -0.15) is 0 Å². The van der Waals surface area contributed by atoms with Gasteiger partial charge in [-0.15, -0.1) is 0 Å². The number of methoxy groups -OCH3 is 1. The Bertz CT molecular complexity index is 1110. The van der Waals surface area contributed by atoms with Crippen LogP contribution in [0.15, 0.2) is 54.6 Å². The van der Waals surface area contributed by atoms with Gasteiger partial charge in [-0.05, 0) is 45.4 Å². The van der Waals surface area contributed by atoms with Crippen molar-refractivity contribution in [3.05, 3.63) is 65.7 Å². The topological polar surface area (TPSA) is 91.4 Å². The Kier molecular flexibility index (Phi) is 7.09. The molecule has 0 aromatic heterocycles. The van der Waals surface area contributed by atoms with Gasteiger partial charge in [0.05, 0.1) is 32.8 Å². The molecule has 2 saturated heterocycles. The summed E-state index contributed by atoms with van der Waals surface area (Å²) >= 11 is 0. The van der Waals surface area contributed by atoms with Crippen LogP contribution in [0.5, 0.6) is 5.75 Å². The minimum Gasteiger partial charge on any atom is -0.497 e. The van der Waals surface area contributed by atoms with Crippen LogP contribution in [0.2, 0.25) is 0 Å². The highest BCUT2D eigenvalue weighted by molar-refractivity contribution is 6.11. The molecule has 1 unspecified atom stereocenters. The van der Waals surface area contributed by atoms with E-state index in [1.165, 1.54) is 0 Å². The maximum absolute atomic E-state index is 14.4. The maximum Gasteiger partial charge on any atom is 0.326 e. The van der Waals surface area contributed by atoms with Gasteiger partial charge in [-0.25, -0.2) is 0 Å². The van der Waals surface area contributed by atoms with Gasteiger partial charge in [0.2, 0.25) is 5.91 Å². The fourth-order valence-electron chi connectivity index (χ4n) is 5.26. The van der Waals surface area contributed by atoms with Crippen LogP contribution in [0.25, 0.3) is 0 Å². The third-order valence-electron chi connectivity index (χ3n) is 6.66. The van der Waals surface area contributed by atoms with Crippen molar-refractivity contribution in [1.82, 2.24) is 4.90 Å². The number of fused-ring (bicyclic) bond motifs is 1. The predicted molar refractivity (Wildman–Crippen MR) is 131 cm³/mol. The lowest BCUT2D eigenvalue weighted by molar-refractivity contribution is -0.161. The standard InChI is InChI=1S/C28H33NO7/c1-6-34-26(32)28(19-12-14-20(33-5)15-13-19)21(16-23(30)36-27(2,3)4)22-17-35-24(29(22)25(28)31)18-10-8-7-9-11-18/h7-15,21-22,24H,6,16-17H2,1-5H3/t21-,22-,24-,28?/m1/s1. The first-order valence-corrected chi connectivity index (χ1v) is 12.2. The summed E-state index contributed by atoms with van der Waals surface area (Å²) in [7, 11) is 1.54. The first-order valence-electron chi connectivity index (χ1n) is 12.2. The van der Waals surface area contributed by atoms with Crippen LogP contribution in [0, 0.1) is 5.92 Å². The molecule has 0 N–H and O–H groups in total. The predicted octanol–water partition coefficient (Wildman–Crippen LogP) is 3.78. The number of benzene rings is 2. The molecule has 2 aliphatic rings. The number of carbonyl (C=O) groups is 3. The highest BCUT2D eigenvalue weighted by atomic mass is 16.6. The Balaban J connectivity index is 1.86. The van der Waals surface area contributed by atoms with E-state index in [0.717, 1.165) is 5.56 Å². The number of nitrogens with zero attached hydrogens (tertiary/aromatic N) is 1. The summed E-state index contributed by atoms with van der Waals surface area (Å²) in [5.41, 5.74) is -1.22. The van der Waals surface area contributed by atoms with Gasteiger partial charge in [-0.3, -0.25) is 14.4 Å². The van der Waals surface area contributed by atoms with Crippen LogP contribution in [0.4, 0.5) is 0 Å². The lowest BCUT2D eigenvalue weighted by Gasteiger charge is -2.33. The van der Waals surface area contributed by atoms with E-state index < -0.39 is 47.0 Å². The molecule has 0 saturated carbocycles. The molecule has 0 radical (unpaired) electrons. The summed E-state index contributed by atoms with van der Waals surface area (Å²) in [5, 5.41) is 0. The third-order valence-corrected chi connectivity index (χ3v) is 6.66. The second-order valence-electron chi connectivity index (χ2n) is 10.0. The van der Waals surface area contributed by atoms with E-state index in [2.05, 4.69) is 0 Å². The summed E-state index contributed by atoms with van der Waals surface area (Å²) in [6, 6.07) is 15.6. The van der Waals surface area contributed by atoms with Crippen molar-refractivity contribution < 1.29 is 33.3 Å². The van der Waals surface area contributed by atoms with Crippen molar-refractivity contribution >= 4 is 17.8 Å². The fraction of sp³-hybridized carbons (Fsp3) is 0.464. The minimum absolute atomic E-state index is 0.0897. The average molecular weight is 496 g/mol. The van der Waals surface area contributed by atoms with Crippen molar-refractivity contribution in [2.24, 2.45) is 5.92 Å². The lowest BCUT2D eigenvalue weighted by Crippen LogP contribution is -2.50. The van der Waals surface area contributed by atoms with E-state index in [9.17, 15) is 14.4 Å². The van der Waals surface area contributed by atoms with Gasteiger partial charge in [0.25, 0.3) is 0 Å². The van der Waals surface area contributed by atoms with Crippen LogP contribution >= 0.6 is 0 Å². The number of hydrogen-bond acceptors (Lipinski definition) is 7. The Morgan fingerprint density at radius 1 is 1.08 bits per heavy atom. The molecule has 2 aliphatic heterocycles. The highest BCUT2D eigenvalue weighted by Crippen LogP contribution is 2.53. The molecule has 4 rings (SSSR count). The Morgan fingerprint density at radius 2 is 1.75 bits per heavy atom. The molecule has 2 heterocycles. The molecule has 1 amide bonds. The van der Waals surface area contributed by atoms with Crippen LogP contribution in [0.3, 0.4) is 0 Å². The van der Waals surface area contributed by atoms with Gasteiger partial charge in [-0.1, -0.05) is 42.5 Å². The summed E-state index contributed by atoms with van der Waals surface area (Å²) < 4.78 is 22.5. The van der Waals surface area contributed by atoms with Crippen LogP contribution in [-0.4, -0.2) is 54.7 Å². The number of hydrogen-bond donors (Lipinski definition) is 0. The van der Waals surface area contributed by atoms with E-state index in [1.807, 2.05) is 30.3 Å². The molecule has 8 nitrogen and oxygen atoms in total. The molecule has 0 bridgehead atoms. The summed E-state index contributed by atoms with van der Waals surface area (Å²) in [5.74, 6) is -1.81. The van der Waals surface area contributed by atoms with E-state index >= 15 is 0 Å². The molecule has 2 aromatic rings. The number of rotatable bonds is 7. The summed E-state index contributed by atoms with van der Waals surface area (Å²) in [6.07, 6.45) is -0.834. The fourth-order valence-corrected chi connectivity index (χ4v) is 5.26. The quantitative estimate of drug-likeness (QED) is 0.426. The van der Waals surface area contributed by atoms with Gasteiger partial charge in [0.1, 0.15) is 11.4 Å². The van der Waals surface area contributed by atoms with Gasteiger partial charge in [0, 0.05) is 11.5 Å². The minimum atomic E-state index is -1.74. The molecular formula is C28H33NO7. The van der Waals surface area contributed by atoms with Gasteiger partial charge < -0.3 is 23.8 Å². The summed E-state index contributed by atoms with van der Waals surface area (Å²) in [4.78, 5) is 42.9. The monoisotopic (exact) mass is 495 g/mol. The van der Waals surface area contributed by atoms with Crippen LogP contribution < -0.4 is 4.74 Å². The molecule has 0 aliphatic carbocycles. The number of ether oxygens (including phenoxy) is 4. The van der Waals surface area contributed by atoms with E-state index in [0.29, 0.717) is 11.3 Å². The van der Waals surface area contributed by atoms with Gasteiger partial charge >= 0.3 is 11.9 Å². The molecular weight excluding hydrogens is 462 g/mol. The largest absolute Gasteiger partial charge is 0.497 e. The second kappa shape index (κ2) is 9.93. The zero-order chi connectivity index (χ0) is 26.1. The molecule has 0 spiro atoms. The number of amides is 1. The smallest absolute Gasteiger partial charge is 0.326 e. The zero-order valence-corrected chi connectivity index (χ0v) is 21.4. The van der Waals surface area contributed by atoms with Crippen molar-refractivity contribution in [3.8, 4) is 5.75 Å². The van der Waals surface area contributed by atoms with E-state index in [1.54, 1.807) is 64.0 Å². The third kappa shape index (κ3) is 4.46. The first-order chi connectivity index (χ1) is 17.1. The number of esters is 2. The highest BCUT2D eigenvalue weighted by Gasteiger charge is 2.69. The molecule has 8 heteroatoms.